The summed E-state index contributed by atoms with van der Waals surface area (Å²) in [5.74, 6) is 0.0807. The summed E-state index contributed by atoms with van der Waals surface area (Å²) in [5.41, 5.74) is 1.92. The Labute approximate surface area is 215 Å². The first-order valence-corrected chi connectivity index (χ1v) is 11.7. The number of hydrogen-bond donors (Lipinski definition) is 1. The van der Waals surface area contributed by atoms with E-state index in [-0.39, 0.29) is 30.1 Å². The third-order valence-electron chi connectivity index (χ3n) is 6.31. The minimum Gasteiger partial charge on any atom is -0.360 e. The number of benzene rings is 1. The number of ketones is 1. The molecule has 0 aliphatic heterocycles. The first-order valence-electron chi connectivity index (χ1n) is 11.7. The number of carbonyl (C=O) groups excluding carboxylic acids is 1. The van der Waals surface area contributed by atoms with Crippen LogP contribution in [0.2, 0.25) is 0 Å². The van der Waals surface area contributed by atoms with Crippen LogP contribution in [-0.2, 0) is 30.1 Å². The SMILES string of the molecule is Cn1cc(Nc2nccn3c(-c4ccc(CC(=O)Cc5cc(C(C)(C)C(F)(F)F)on5)cc4)cnc23)cn1. The summed E-state index contributed by atoms with van der Waals surface area (Å²) in [6.45, 7) is 2.03. The van der Waals surface area contributed by atoms with Crippen LogP contribution in [0.4, 0.5) is 24.7 Å². The van der Waals surface area contributed by atoms with Gasteiger partial charge in [-0.25, -0.2) is 9.97 Å². The highest BCUT2D eigenvalue weighted by Gasteiger charge is 2.51. The van der Waals surface area contributed by atoms with Gasteiger partial charge in [-0.1, -0.05) is 29.4 Å². The van der Waals surface area contributed by atoms with Gasteiger partial charge in [-0.05, 0) is 19.4 Å². The third kappa shape index (κ3) is 4.89. The molecule has 0 radical (unpaired) electrons. The van der Waals surface area contributed by atoms with Gasteiger partial charge in [0, 0.05) is 43.7 Å². The number of hydrogen-bond acceptors (Lipinski definition) is 7. The Hall–Kier alpha value is -4.48. The van der Waals surface area contributed by atoms with E-state index < -0.39 is 11.6 Å². The fourth-order valence-corrected chi connectivity index (χ4v) is 3.96. The molecule has 1 aromatic carbocycles. The second-order valence-corrected chi connectivity index (χ2v) is 9.53. The Kier molecular flexibility index (Phi) is 6.25. The van der Waals surface area contributed by atoms with Crippen molar-refractivity contribution >= 4 is 22.9 Å². The molecular formula is C26H24F3N7O2. The van der Waals surface area contributed by atoms with Crippen molar-refractivity contribution in [3.05, 3.63) is 78.3 Å². The van der Waals surface area contributed by atoms with E-state index in [9.17, 15) is 18.0 Å². The zero-order valence-corrected chi connectivity index (χ0v) is 20.8. The zero-order chi connectivity index (χ0) is 27.1. The van der Waals surface area contributed by atoms with E-state index in [2.05, 4.69) is 25.5 Å². The normalized spacial score (nSPS) is 12.3. The number of rotatable bonds is 8. The Bertz CT molecular complexity index is 1600. The van der Waals surface area contributed by atoms with Crippen molar-refractivity contribution in [2.24, 2.45) is 7.05 Å². The van der Waals surface area contributed by atoms with Crippen LogP contribution < -0.4 is 5.32 Å². The number of aromatic nitrogens is 6. The molecule has 0 fully saturated rings. The lowest BCUT2D eigenvalue weighted by molar-refractivity contribution is -0.185. The quantitative estimate of drug-likeness (QED) is 0.303. The average molecular weight is 524 g/mol. The lowest BCUT2D eigenvalue weighted by Gasteiger charge is -2.24. The second kappa shape index (κ2) is 9.43. The van der Waals surface area contributed by atoms with Crippen LogP contribution in [0.15, 0.2) is 65.8 Å². The Morgan fingerprint density at radius 2 is 1.84 bits per heavy atom. The predicted octanol–water partition coefficient (Wildman–Crippen LogP) is 5.06. The highest BCUT2D eigenvalue weighted by molar-refractivity contribution is 5.83. The molecule has 1 N–H and O–H groups in total. The monoisotopic (exact) mass is 523 g/mol. The van der Waals surface area contributed by atoms with Gasteiger partial charge in [-0.3, -0.25) is 13.9 Å². The van der Waals surface area contributed by atoms with Gasteiger partial charge in [0.05, 0.1) is 35.9 Å². The number of nitrogens with one attached hydrogen (secondary N) is 1. The number of imidazole rings is 1. The minimum absolute atomic E-state index is 0.112. The van der Waals surface area contributed by atoms with E-state index in [1.54, 1.807) is 23.3 Å². The van der Waals surface area contributed by atoms with Crippen molar-refractivity contribution in [2.75, 3.05) is 5.32 Å². The van der Waals surface area contributed by atoms with Gasteiger partial charge in [-0.2, -0.15) is 18.3 Å². The lowest BCUT2D eigenvalue weighted by Crippen LogP contribution is -2.35. The molecule has 0 bridgehead atoms. The van der Waals surface area contributed by atoms with Crippen LogP contribution in [0, 0.1) is 0 Å². The molecule has 5 aromatic rings. The summed E-state index contributed by atoms with van der Waals surface area (Å²) in [6, 6.07) is 8.65. The van der Waals surface area contributed by atoms with Crippen molar-refractivity contribution in [2.45, 2.75) is 38.3 Å². The molecule has 9 nitrogen and oxygen atoms in total. The van der Waals surface area contributed by atoms with E-state index >= 15 is 0 Å². The van der Waals surface area contributed by atoms with Crippen molar-refractivity contribution in [1.82, 2.24) is 29.3 Å². The fourth-order valence-electron chi connectivity index (χ4n) is 3.96. The molecule has 0 atom stereocenters. The van der Waals surface area contributed by atoms with Crippen LogP contribution in [0.3, 0.4) is 0 Å². The van der Waals surface area contributed by atoms with Gasteiger partial charge in [0.25, 0.3) is 0 Å². The van der Waals surface area contributed by atoms with Crippen molar-refractivity contribution < 1.29 is 22.5 Å². The minimum atomic E-state index is -4.50. The van der Waals surface area contributed by atoms with Crippen LogP contribution in [0.5, 0.6) is 0 Å². The Balaban J connectivity index is 1.27. The molecule has 0 spiro atoms. The number of carbonyl (C=O) groups is 1. The first-order chi connectivity index (χ1) is 18.0. The highest BCUT2D eigenvalue weighted by atomic mass is 19.4. The molecule has 0 saturated heterocycles. The third-order valence-corrected chi connectivity index (χ3v) is 6.31. The molecule has 4 heterocycles. The topological polar surface area (TPSA) is 103 Å². The number of nitrogens with zero attached hydrogens (tertiary/aromatic N) is 6. The first kappa shape index (κ1) is 25.2. The number of fused-ring (bicyclic) bond motifs is 1. The van der Waals surface area contributed by atoms with Crippen molar-refractivity contribution in [3.63, 3.8) is 0 Å². The van der Waals surface area contributed by atoms with Gasteiger partial charge in [0.1, 0.15) is 11.2 Å². The van der Waals surface area contributed by atoms with Gasteiger partial charge in [-0.15, -0.1) is 0 Å². The maximum Gasteiger partial charge on any atom is 0.401 e. The maximum absolute atomic E-state index is 13.2. The smallest absolute Gasteiger partial charge is 0.360 e. The lowest BCUT2D eigenvalue weighted by atomic mass is 9.89. The van der Waals surface area contributed by atoms with Gasteiger partial charge >= 0.3 is 6.18 Å². The Morgan fingerprint density at radius 3 is 2.53 bits per heavy atom. The summed E-state index contributed by atoms with van der Waals surface area (Å²) in [7, 11) is 1.83. The summed E-state index contributed by atoms with van der Waals surface area (Å²) in [5, 5.41) is 11.0. The van der Waals surface area contributed by atoms with Crippen LogP contribution in [0.1, 0.15) is 30.9 Å². The molecule has 0 saturated carbocycles. The van der Waals surface area contributed by atoms with Crippen molar-refractivity contribution in [3.8, 4) is 11.3 Å². The van der Waals surface area contributed by atoms with Gasteiger partial charge in [0.15, 0.2) is 17.2 Å². The van der Waals surface area contributed by atoms with E-state index in [1.807, 2.05) is 48.1 Å². The summed E-state index contributed by atoms with van der Waals surface area (Å²) >= 11 is 0. The number of alkyl halides is 3. The molecule has 0 unspecified atom stereocenters. The van der Waals surface area contributed by atoms with Crippen LogP contribution in [-0.4, -0.2) is 41.3 Å². The van der Waals surface area contributed by atoms with E-state index in [1.165, 1.54) is 6.07 Å². The molecule has 0 aliphatic rings. The molecule has 12 heteroatoms. The summed E-state index contributed by atoms with van der Waals surface area (Å²) < 4.78 is 48.2. The molecular weight excluding hydrogens is 499 g/mol. The Morgan fingerprint density at radius 1 is 1.08 bits per heavy atom. The van der Waals surface area contributed by atoms with Crippen LogP contribution >= 0.6 is 0 Å². The maximum atomic E-state index is 13.2. The largest absolute Gasteiger partial charge is 0.401 e. The van der Waals surface area contributed by atoms with Gasteiger partial charge < -0.3 is 9.84 Å². The van der Waals surface area contributed by atoms with Crippen LogP contribution in [0.25, 0.3) is 16.9 Å². The van der Waals surface area contributed by atoms with E-state index in [4.69, 9.17) is 4.52 Å². The average Bonchev–Trinajstić information content (AvgIpc) is 3.59. The number of halogens is 3. The molecule has 0 amide bonds. The predicted molar refractivity (Wildman–Crippen MR) is 133 cm³/mol. The molecule has 38 heavy (non-hydrogen) atoms. The standard InChI is InChI=1S/C26H24F3N7O2/c1-25(2,26(27,28)29)22-12-18(34-38-22)11-20(37)10-16-4-6-17(7-5-16)21-14-31-24-23(30-8-9-36(21)24)33-19-13-32-35(3)15-19/h4-9,12-15H,10-11H2,1-3H3,(H,30,33). The second-order valence-electron chi connectivity index (χ2n) is 9.53. The van der Waals surface area contributed by atoms with Crippen molar-refractivity contribution in [1.29, 1.82) is 0 Å². The van der Waals surface area contributed by atoms with E-state index in [0.29, 0.717) is 11.5 Å². The molecule has 4 aromatic heterocycles. The molecule has 0 aliphatic carbocycles. The van der Waals surface area contributed by atoms with E-state index in [0.717, 1.165) is 36.4 Å². The van der Waals surface area contributed by atoms with Gasteiger partial charge in [0.2, 0.25) is 0 Å². The summed E-state index contributed by atoms with van der Waals surface area (Å²) in [4.78, 5) is 21.5. The highest BCUT2D eigenvalue weighted by Crippen LogP contribution is 2.40. The number of anilines is 2. The zero-order valence-electron chi connectivity index (χ0n) is 20.8. The number of Topliss-reactive ketones (excluding diaryl/α,β-unsaturated/α-hetero) is 1. The molecule has 196 valence electrons. The summed E-state index contributed by atoms with van der Waals surface area (Å²) in [6.07, 6.45) is 4.26. The fraction of sp³-hybridized carbons (Fsp3) is 0.269. The molecule has 5 rings (SSSR count). The number of aryl methyl sites for hydroxylation is 1.